The molecular weight excluding hydrogens is 279 g/mol. The minimum absolute atomic E-state index is 0.168. The maximum Gasteiger partial charge on any atom is 0.573 e. The molecule has 3 unspecified atom stereocenters. The zero-order valence-corrected chi connectivity index (χ0v) is 12.4. The van der Waals surface area contributed by atoms with E-state index >= 15 is 0 Å². The number of benzene rings is 1. The average molecular weight is 301 g/mol. The van der Waals surface area contributed by atoms with Gasteiger partial charge < -0.3 is 10.1 Å². The van der Waals surface area contributed by atoms with Crippen molar-refractivity contribution in [2.45, 2.75) is 45.0 Å². The number of hydrogen-bond donors (Lipinski definition) is 1. The summed E-state index contributed by atoms with van der Waals surface area (Å²) in [6.45, 7) is 2.26. The summed E-state index contributed by atoms with van der Waals surface area (Å²) >= 11 is 0. The van der Waals surface area contributed by atoms with Crippen LogP contribution in [0.2, 0.25) is 0 Å². The van der Waals surface area contributed by atoms with Crippen LogP contribution in [-0.2, 0) is 0 Å². The molecular formula is C16H22F3NO. The minimum Gasteiger partial charge on any atom is -0.406 e. The summed E-state index contributed by atoms with van der Waals surface area (Å²) in [4.78, 5) is 0. The summed E-state index contributed by atoms with van der Waals surface area (Å²) in [5.41, 5.74) is 1.02. The number of nitrogens with one attached hydrogen (secondary N) is 1. The van der Waals surface area contributed by atoms with Gasteiger partial charge in [0.05, 0.1) is 0 Å². The Morgan fingerprint density at radius 1 is 1.19 bits per heavy atom. The summed E-state index contributed by atoms with van der Waals surface area (Å²) in [5.74, 6) is 1.08. The second kappa shape index (κ2) is 6.69. The van der Waals surface area contributed by atoms with E-state index in [4.69, 9.17) is 0 Å². The summed E-state index contributed by atoms with van der Waals surface area (Å²) < 4.78 is 40.4. The summed E-state index contributed by atoms with van der Waals surface area (Å²) in [5, 5.41) is 3.31. The second-order valence-corrected chi connectivity index (χ2v) is 5.92. The number of alkyl halides is 3. The third-order valence-electron chi connectivity index (χ3n) is 4.23. The van der Waals surface area contributed by atoms with E-state index < -0.39 is 6.36 Å². The summed E-state index contributed by atoms with van der Waals surface area (Å²) in [6.07, 6.45) is 0.177. The van der Waals surface area contributed by atoms with Crippen LogP contribution < -0.4 is 10.1 Å². The largest absolute Gasteiger partial charge is 0.573 e. The molecule has 1 N–H and O–H groups in total. The number of ether oxygens (including phenoxy) is 1. The van der Waals surface area contributed by atoms with Crippen molar-refractivity contribution >= 4 is 0 Å². The third kappa shape index (κ3) is 4.63. The molecule has 1 aliphatic rings. The molecule has 0 spiro atoms. The monoisotopic (exact) mass is 301 g/mol. The van der Waals surface area contributed by atoms with Crippen molar-refractivity contribution in [2.24, 2.45) is 11.8 Å². The first-order chi connectivity index (χ1) is 9.89. The van der Waals surface area contributed by atoms with E-state index in [2.05, 4.69) is 17.0 Å². The maximum atomic E-state index is 12.2. The lowest BCUT2D eigenvalue weighted by atomic mass is 9.77. The fraction of sp³-hybridized carbons (Fsp3) is 0.625. The highest BCUT2D eigenvalue weighted by molar-refractivity contribution is 5.29. The van der Waals surface area contributed by atoms with E-state index in [1.165, 1.54) is 25.0 Å². The molecule has 0 aliphatic heterocycles. The quantitative estimate of drug-likeness (QED) is 0.872. The van der Waals surface area contributed by atoms with Gasteiger partial charge in [0.25, 0.3) is 0 Å². The Labute approximate surface area is 123 Å². The van der Waals surface area contributed by atoms with Crippen LogP contribution in [0.1, 0.15) is 44.2 Å². The van der Waals surface area contributed by atoms with Crippen LogP contribution in [-0.4, -0.2) is 13.4 Å². The Morgan fingerprint density at radius 2 is 1.86 bits per heavy atom. The van der Waals surface area contributed by atoms with Crippen molar-refractivity contribution in [1.29, 1.82) is 0 Å². The van der Waals surface area contributed by atoms with Crippen molar-refractivity contribution in [2.75, 3.05) is 7.05 Å². The van der Waals surface area contributed by atoms with Crippen LogP contribution in [0, 0.1) is 11.8 Å². The van der Waals surface area contributed by atoms with Crippen molar-refractivity contribution < 1.29 is 17.9 Å². The zero-order valence-electron chi connectivity index (χ0n) is 12.4. The number of halogens is 3. The molecule has 0 bridgehead atoms. The first-order valence-corrected chi connectivity index (χ1v) is 7.42. The standard InChI is InChI=1S/C16H22F3NO/c1-11-4-3-5-13(10-11)15(20-2)12-6-8-14(9-7-12)21-16(17,18)19/h6-9,11,13,15,20H,3-5,10H2,1-2H3. The Balaban J connectivity index is 2.08. The molecule has 1 saturated carbocycles. The second-order valence-electron chi connectivity index (χ2n) is 5.92. The molecule has 21 heavy (non-hydrogen) atoms. The van der Waals surface area contributed by atoms with Crippen LogP contribution in [0.15, 0.2) is 24.3 Å². The molecule has 0 radical (unpaired) electrons. The fourth-order valence-electron chi connectivity index (χ4n) is 3.34. The molecule has 1 fully saturated rings. The van der Waals surface area contributed by atoms with Crippen LogP contribution in [0.5, 0.6) is 5.75 Å². The lowest BCUT2D eigenvalue weighted by molar-refractivity contribution is -0.274. The normalized spacial score (nSPS) is 24.6. The van der Waals surface area contributed by atoms with E-state index in [0.717, 1.165) is 18.4 Å². The van der Waals surface area contributed by atoms with Gasteiger partial charge in [-0.3, -0.25) is 0 Å². The predicted octanol–water partition coefficient (Wildman–Crippen LogP) is 4.67. The molecule has 2 nitrogen and oxygen atoms in total. The Morgan fingerprint density at radius 3 is 2.38 bits per heavy atom. The van der Waals surface area contributed by atoms with Gasteiger partial charge in [0.1, 0.15) is 5.75 Å². The molecule has 0 saturated heterocycles. The SMILES string of the molecule is CNC(c1ccc(OC(F)(F)F)cc1)C1CCCC(C)C1. The lowest BCUT2D eigenvalue weighted by Crippen LogP contribution is -2.29. The van der Waals surface area contributed by atoms with Gasteiger partial charge in [-0.05, 0) is 49.4 Å². The first-order valence-electron chi connectivity index (χ1n) is 7.42. The highest BCUT2D eigenvalue weighted by atomic mass is 19.4. The Kier molecular flexibility index (Phi) is 5.14. The van der Waals surface area contributed by atoms with Gasteiger partial charge >= 0.3 is 6.36 Å². The van der Waals surface area contributed by atoms with Crippen LogP contribution >= 0.6 is 0 Å². The van der Waals surface area contributed by atoms with Gasteiger partial charge in [-0.2, -0.15) is 0 Å². The minimum atomic E-state index is -4.64. The summed E-state index contributed by atoms with van der Waals surface area (Å²) in [6, 6.07) is 6.41. The molecule has 5 heteroatoms. The summed E-state index contributed by atoms with van der Waals surface area (Å²) in [7, 11) is 1.91. The number of hydrogen-bond acceptors (Lipinski definition) is 2. The van der Waals surface area contributed by atoms with Crippen molar-refractivity contribution in [3.8, 4) is 5.75 Å². The van der Waals surface area contributed by atoms with Gasteiger partial charge in [0.2, 0.25) is 0 Å². The average Bonchev–Trinajstić information content (AvgIpc) is 2.40. The van der Waals surface area contributed by atoms with Gasteiger partial charge in [0.15, 0.2) is 0 Å². The molecule has 0 amide bonds. The van der Waals surface area contributed by atoms with Crippen molar-refractivity contribution in [1.82, 2.24) is 5.32 Å². The Bertz CT molecular complexity index is 444. The van der Waals surface area contributed by atoms with Gasteiger partial charge in [0, 0.05) is 6.04 Å². The van der Waals surface area contributed by atoms with Gasteiger partial charge in [-0.1, -0.05) is 31.9 Å². The molecule has 118 valence electrons. The number of rotatable bonds is 4. The Hall–Kier alpha value is -1.23. The van der Waals surface area contributed by atoms with Gasteiger partial charge in [-0.25, -0.2) is 0 Å². The van der Waals surface area contributed by atoms with E-state index in [0.29, 0.717) is 11.8 Å². The molecule has 0 aromatic heterocycles. The molecule has 3 atom stereocenters. The first kappa shape index (κ1) is 16.1. The van der Waals surface area contributed by atoms with Crippen LogP contribution in [0.4, 0.5) is 13.2 Å². The molecule has 1 aliphatic carbocycles. The fourth-order valence-corrected chi connectivity index (χ4v) is 3.34. The molecule has 1 aromatic rings. The van der Waals surface area contributed by atoms with E-state index in [1.807, 2.05) is 7.05 Å². The van der Waals surface area contributed by atoms with Gasteiger partial charge in [-0.15, -0.1) is 13.2 Å². The topological polar surface area (TPSA) is 21.3 Å². The molecule has 2 rings (SSSR count). The van der Waals surface area contributed by atoms with Crippen molar-refractivity contribution in [3.63, 3.8) is 0 Å². The lowest BCUT2D eigenvalue weighted by Gasteiger charge is -2.33. The molecule has 1 aromatic carbocycles. The van der Waals surface area contributed by atoms with Crippen molar-refractivity contribution in [3.05, 3.63) is 29.8 Å². The zero-order chi connectivity index (χ0) is 15.5. The van der Waals surface area contributed by atoms with E-state index in [1.54, 1.807) is 12.1 Å². The van der Waals surface area contributed by atoms with Crippen LogP contribution in [0.25, 0.3) is 0 Å². The maximum absolute atomic E-state index is 12.2. The highest BCUT2D eigenvalue weighted by Gasteiger charge is 2.31. The highest BCUT2D eigenvalue weighted by Crippen LogP contribution is 2.37. The van der Waals surface area contributed by atoms with Crippen LogP contribution in [0.3, 0.4) is 0 Å². The van der Waals surface area contributed by atoms with E-state index in [-0.39, 0.29) is 11.8 Å². The smallest absolute Gasteiger partial charge is 0.406 e. The predicted molar refractivity (Wildman–Crippen MR) is 76.0 cm³/mol. The molecule has 0 heterocycles. The van der Waals surface area contributed by atoms with E-state index in [9.17, 15) is 13.2 Å². The third-order valence-corrected chi connectivity index (χ3v) is 4.23.